The maximum Gasteiger partial charge on any atom is 0.255 e. The van der Waals surface area contributed by atoms with Crippen molar-refractivity contribution in [3.8, 4) is 0 Å². The summed E-state index contributed by atoms with van der Waals surface area (Å²) in [5.74, 6) is -1.73. The summed E-state index contributed by atoms with van der Waals surface area (Å²) in [7, 11) is 0. The van der Waals surface area contributed by atoms with Gasteiger partial charge in [-0.3, -0.25) is 24.1 Å². The van der Waals surface area contributed by atoms with Crippen LogP contribution in [-0.2, 0) is 9.59 Å². The molecule has 186 valence electrons. The second-order valence-electron chi connectivity index (χ2n) is 9.62. The normalized spacial score (nSPS) is 18.8. The summed E-state index contributed by atoms with van der Waals surface area (Å²) >= 11 is 0. The monoisotopic (exact) mass is 493 g/mol. The fourth-order valence-electron chi connectivity index (χ4n) is 4.83. The summed E-state index contributed by atoms with van der Waals surface area (Å²) < 4.78 is 0. The first kappa shape index (κ1) is 24.2. The minimum atomic E-state index is -0.382. The molecule has 0 aromatic heterocycles. The molecule has 1 saturated heterocycles. The SMILES string of the molecule is CC1=CC[C@@H]2C(=O)N(c3cccc(C(=O)Nc4ccc(C(=O)Nc5ccc(C)cc5)cc4)c3)C(=O)[C@@H]2C1. The van der Waals surface area contributed by atoms with Crippen LogP contribution in [0.25, 0.3) is 0 Å². The van der Waals surface area contributed by atoms with E-state index in [1.54, 1.807) is 48.5 Å². The van der Waals surface area contributed by atoms with Gasteiger partial charge in [-0.25, -0.2) is 0 Å². The van der Waals surface area contributed by atoms with Gasteiger partial charge in [0, 0.05) is 22.5 Å². The molecule has 2 atom stereocenters. The lowest BCUT2D eigenvalue weighted by molar-refractivity contribution is -0.122. The first-order valence-electron chi connectivity index (χ1n) is 12.2. The Morgan fingerprint density at radius 2 is 1.35 bits per heavy atom. The van der Waals surface area contributed by atoms with Gasteiger partial charge in [0.25, 0.3) is 11.8 Å². The number of rotatable bonds is 5. The number of allylic oxidation sites excluding steroid dienone is 2. The number of fused-ring (bicyclic) bond motifs is 1. The average Bonchev–Trinajstić information content (AvgIpc) is 3.14. The van der Waals surface area contributed by atoms with Gasteiger partial charge in [0.05, 0.1) is 17.5 Å². The van der Waals surface area contributed by atoms with Crippen molar-refractivity contribution in [3.05, 3.63) is 101 Å². The van der Waals surface area contributed by atoms with Gasteiger partial charge in [0.2, 0.25) is 11.8 Å². The number of amides is 4. The standard InChI is InChI=1S/C30H27N3O4/c1-18-6-11-22(12-7-18)31-27(34)20-9-13-23(14-10-20)32-28(35)21-4-3-5-24(17-21)33-29(36)25-15-8-19(2)16-26(25)30(33)37/h3-14,17,25-26H,15-16H2,1-2H3,(H,31,34)(H,32,35)/t25-,26+/m0/s1. The molecule has 1 aliphatic carbocycles. The Hall–Kier alpha value is -4.52. The van der Waals surface area contributed by atoms with Gasteiger partial charge in [-0.2, -0.15) is 0 Å². The number of hydrogen-bond donors (Lipinski definition) is 2. The van der Waals surface area contributed by atoms with Crippen LogP contribution in [0.4, 0.5) is 17.1 Å². The van der Waals surface area contributed by atoms with E-state index in [1.807, 2.05) is 44.2 Å². The third-order valence-corrected chi connectivity index (χ3v) is 6.90. The predicted octanol–water partition coefficient (Wildman–Crippen LogP) is 5.35. The number of imide groups is 1. The van der Waals surface area contributed by atoms with Crippen LogP contribution in [0.15, 0.2) is 84.4 Å². The number of carbonyl (C=O) groups is 4. The van der Waals surface area contributed by atoms with Gasteiger partial charge in [-0.1, -0.05) is 35.4 Å². The molecule has 1 aliphatic heterocycles. The van der Waals surface area contributed by atoms with Gasteiger partial charge in [0.1, 0.15) is 0 Å². The molecular weight excluding hydrogens is 466 g/mol. The Morgan fingerprint density at radius 3 is 2.03 bits per heavy atom. The summed E-state index contributed by atoms with van der Waals surface area (Å²) in [6, 6.07) is 20.6. The summed E-state index contributed by atoms with van der Waals surface area (Å²) in [5, 5.41) is 5.65. The van der Waals surface area contributed by atoms with Crippen molar-refractivity contribution in [2.75, 3.05) is 15.5 Å². The highest BCUT2D eigenvalue weighted by Crippen LogP contribution is 2.39. The van der Waals surface area contributed by atoms with Crippen LogP contribution < -0.4 is 15.5 Å². The van der Waals surface area contributed by atoms with Crippen molar-refractivity contribution in [1.29, 1.82) is 0 Å². The highest BCUT2D eigenvalue weighted by Gasteiger charge is 2.48. The van der Waals surface area contributed by atoms with E-state index in [0.717, 1.165) is 11.1 Å². The smallest absolute Gasteiger partial charge is 0.255 e. The number of nitrogens with zero attached hydrogens (tertiary/aromatic N) is 1. The Morgan fingerprint density at radius 1 is 0.757 bits per heavy atom. The topological polar surface area (TPSA) is 95.6 Å². The highest BCUT2D eigenvalue weighted by atomic mass is 16.2. The van der Waals surface area contributed by atoms with Crippen LogP contribution in [0.3, 0.4) is 0 Å². The maximum absolute atomic E-state index is 13.0. The fourth-order valence-corrected chi connectivity index (χ4v) is 4.83. The zero-order valence-electron chi connectivity index (χ0n) is 20.7. The third kappa shape index (κ3) is 4.93. The highest BCUT2D eigenvalue weighted by molar-refractivity contribution is 6.22. The second kappa shape index (κ2) is 9.85. The summed E-state index contributed by atoms with van der Waals surface area (Å²) in [5.41, 5.74) is 4.62. The first-order chi connectivity index (χ1) is 17.8. The number of benzene rings is 3. The third-order valence-electron chi connectivity index (χ3n) is 6.90. The quantitative estimate of drug-likeness (QED) is 0.370. The zero-order valence-corrected chi connectivity index (χ0v) is 20.7. The molecule has 0 saturated carbocycles. The number of anilines is 3. The molecule has 7 heteroatoms. The molecule has 37 heavy (non-hydrogen) atoms. The van der Waals surface area contributed by atoms with Crippen molar-refractivity contribution in [2.45, 2.75) is 26.7 Å². The molecule has 4 amide bonds. The molecule has 3 aromatic carbocycles. The number of nitrogens with one attached hydrogen (secondary N) is 2. The number of hydrogen-bond acceptors (Lipinski definition) is 4. The van der Waals surface area contributed by atoms with Crippen LogP contribution in [-0.4, -0.2) is 23.6 Å². The number of carbonyl (C=O) groups excluding carboxylic acids is 4. The molecule has 1 heterocycles. The van der Waals surface area contributed by atoms with E-state index in [-0.39, 0.29) is 35.5 Å². The first-order valence-corrected chi connectivity index (χ1v) is 12.2. The van der Waals surface area contributed by atoms with Crippen molar-refractivity contribution < 1.29 is 19.2 Å². The summed E-state index contributed by atoms with van der Waals surface area (Å²) in [6.45, 7) is 3.95. The molecule has 0 bridgehead atoms. The van der Waals surface area contributed by atoms with Crippen molar-refractivity contribution in [1.82, 2.24) is 0 Å². The Kier molecular flexibility index (Phi) is 6.44. The average molecular weight is 494 g/mol. The molecule has 2 aliphatic rings. The van der Waals surface area contributed by atoms with E-state index in [4.69, 9.17) is 0 Å². The van der Waals surface area contributed by atoms with Crippen LogP contribution in [0.1, 0.15) is 46.0 Å². The zero-order chi connectivity index (χ0) is 26.1. The minimum Gasteiger partial charge on any atom is -0.322 e. The van der Waals surface area contributed by atoms with E-state index in [9.17, 15) is 19.2 Å². The van der Waals surface area contributed by atoms with Gasteiger partial charge in [-0.05, 0) is 81.3 Å². The van der Waals surface area contributed by atoms with Crippen LogP contribution in [0, 0.1) is 18.8 Å². The molecule has 2 N–H and O–H groups in total. The van der Waals surface area contributed by atoms with Crippen LogP contribution in [0.2, 0.25) is 0 Å². The van der Waals surface area contributed by atoms with Crippen LogP contribution in [0.5, 0.6) is 0 Å². The fraction of sp³-hybridized carbons (Fsp3) is 0.200. The molecule has 5 rings (SSSR count). The van der Waals surface area contributed by atoms with E-state index >= 15 is 0 Å². The molecule has 1 fully saturated rings. The van der Waals surface area contributed by atoms with Crippen molar-refractivity contribution in [2.24, 2.45) is 11.8 Å². The van der Waals surface area contributed by atoms with Crippen molar-refractivity contribution >= 4 is 40.7 Å². The molecule has 0 radical (unpaired) electrons. The van der Waals surface area contributed by atoms with Gasteiger partial charge in [-0.15, -0.1) is 0 Å². The Labute approximate surface area is 215 Å². The van der Waals surface area contributed by atoms with E-state index < -0.39 is 0 Å². The number of aryl methyl sites for hydroxylation is 1. The molecule has 7 nitrogen and oxygen atoms in total. The molecule has 0 unspecified atom stereocenters. The Bertz CT molecular complexity index is 1420. The van der Waals surface area contributed by atoms with E-state index in [1.165, 1.54) is 4.90 Å². The lowest BCUT2D eigenvalue weighted by atomic mass is 9.82. The van der Waals surface area contributed by atoms with E-state index in [2.05, 4.69) is 10.6 Å². The summed E-state index contributed by atoms with van der Waals surface area (Å²) in [6.07, 6.45) is 3.18. The lowest BCUT2D eigenvalue weighted by Gasteiger charge is -2.18. The minimum absolute atomic E-state index is 0.209. The largest absolute Gasteiger partial charge is 0.322 e. The second-order valence-corrected chi connectivity index (χ2v) is 9.62. The predicted molar refractivity (Wildman–Crippen MR) is 142 cm³/mol. The molecular formula is C30H27N3O4. The van der Waals surface area contributed by atoms with Gasteiger partial charge >= 0.3 is 0 Å². The summed E-state index contributed by atoms with van der Waals surface area (Å²) in [4.78, 5) is 52.7. The molecule has 3 aromatic rings. The van der Waals surface area contributed by atoms with Crippen molar-refractivity contribution in [3.63, 3.8) is 0 Å². The lowest BCUT2D eigenvalue weighted by Crippen LogP contribution is -2.31. The maximum atomic E-state index is 13.0. The Balaban J connectivity index is 1.26. The van der Waals surface area contributed by atoms with Gasteiger partial charge < -0.3 is 10.6 Å². The van der Waals surface area contributed by atoms with E-state index in [0.29, 0.717) is 41.0 Å². The van der Waals surface area contributed by atoms with Gasteiger partial charge in [0.15, 0.2) is 0 Å². The van der Waals surface area contributed by atoms with Crippen LogP contribution >= 0.6 is 0 Å². The molecule has 0 spiro atoms.